The van der Waals surface area contributed by atoms with Crippen LogP contribution in [0.2, 0.25) is 10.0 Å². The van der Waals surface area contributed by atoms with Crippen LogP contribution in [-0.4, -0.2) is 30.0 Å². The summed E-state index contributed by atoms with van der Waals surface area (Å²) in [6.07, 6.45) is 5.11. The van der Waals surface area contributed by atoms with Gasteiger partial charge >= 0.3 is 5.97 Å². The minimum absolute atomic E-state index is 0.0452. The highest BCUT2D eigenvalue weighted by Gasteiger charge is 2.14. The largest absolute Gasteiger partial charge is 0.493 e. The Morgan fingerprint density at radius 2 is 1.55 bits per heavy atom. The van der Waals surface area contributed by atoms with Crippen LogP contribution < -0.4 is 9.47 Å². The highest BCUT2D eigenvalue weighted by molar-refractivity contribution is 6.35. The Hall–Kier alpha value is -4.13. The molecule has 216 valence electrons. The first-order valence-corrected chi connectivity index (χ1v) is 14.2. The molecule has 0 aliphatic carbocycles. The average Bonchev–Trinajstić information content (AvgIpc) is 2.96. The molecular formula is C34H31Cl2NO5. The Balaban J connectivity index is 1.20. The molecule has 0 atom stereocenters. The zero-order valence-corrected chi connectivity index (χ0v) is 25.1. The molecule has 0 saturated carbocycles. The van der Waals surface area contributed by atoms with E-state index in [1.54, 1.807) is 60.7 Å². The van der Waals surface area contributed by atoms with Crippen LogP contribution in [0.25, 0.3) is 6.08 Å². The van der Waals surface area contributed by atoms with Crippen molar-refractivity contribution in [3.8, 4) is 17.4 Å². The molecule has 0 fully saturated rings. The van der Waals surface area contributed by atoms with E-state index in [0.717, 1.165) is 0 Å². The SMILES string of the molecule is CC(C)(C)c1ccc(Oc2cc(C(=O)OCCCOc3ccc(C(=O)/C=C/c4ccc(Cl)cc4Cl)cc3)ccn2)cc1. The fourth-order valence-corrected chi connectivity index (χ4v) is 4.32. The molecule has 0 spiro atoms. The van der Waals surface area contributed by atoms with Crippen molar-refractivity contribution in [3.05, 3.63) is 123 Å². The van der Waals surface area contributed by atoms with Gasteiger partial charge in [0.2, 0.25) is 5.88 Å². The minimum atomic E-state index is -0.471. The van der Waals surface area contributed by atoms with E-state index in [1.807, 2.05) is 24.3 Å². The maximum absolute atomic E-state index is 12.5. The van der Waals surface area contributed by atoms with Crippen molar-refractivity contribution in [3.63, 3.8) is 0 Å². The molecule has 1 heterocycles. The molecule has 4 aromatic rings. The molecule has 1 aromatic heterocycles. The lowest BCUT2D eigenvalue weighted by Gasteiger charge is -2.19. The third-order valence-corrected chi connectivity index (χ3v) is 6.78. The van der Waals surface area contributed by atoms with Crippen LogP contribution in [0.1, 0.15) is 59.0 Å². The van der Waals surface area contributed by atoms with Crippen molar-refractivity contribution >= 4 is 41.0 Å². The van der Waals surface area contributed by atoms with Gasteiger partial charge in [-0.25, -0.2) is 9.78 Å². The number of esters is 1. The number of aromatic nitrogens is 1. The summed E-state index contributed by atoms with van der Waals surface area (Å²) in [4.78, 5) is 29.2. The number of halogens is 2. The van der Waals surface area contributed by atoms with Crippen LogP contribution in [0.4, 0.5) is 0 Å². The third kappa shape index (κ3) is 8.93. The summed E-state index contributed by atoms with van der Waals surface area (Å²) in [7, 11) is 0. The standard InChI is InChI=1S/C34H31Cl2NO5/c1-34(2,3)26-9-14-29(15-10-26)42-32-21-25(17-18-37-32)33(39)41-20-4-19-40-28-12-6-24(7-13-28)31(38)16-8-23-5-11-27(35)22-30(23)36/h5-18,21-22H,4,19-20H2,1-3H3/b16-8+. The second-order valence-electron chi connectivity index (χ2n) is 10.5. The molecule has 0 radical (unpaired) electrons. The molecule has 4 rings (SSSR count). The van der Waals surface area contributed by atoms with Gasteiger partial charge in [0.15, 0.2) is 5.78 Å². The van der Waals surface area contributed by atoms with Gasteiger partial charge in [-0.05, 0) is 83.3 Å². The summed E-state index contributed by atoms with van der Waals surface area (Å²) in [6.45, 7) is 6.96. The summed E-state index contributed by atoms with van der Waals surface area (Å²) >= 11 is 12.1. The van der Waals surface area contributed by atoms with E-state index < -0.39 is 5.97 Å². The Morgan fingerprint density at radius 1 is 0.833 bits per heavy atom. The fourth-order valence-electron chi connectivity index (χ4n) is 3.85. The van der Waals surface area contributed by atoms with Crippen LogP contribution in [0.3, 0.4) is 0 Å². The molecule has 0 amide bonds. The number of benzene rings is 3. The Bertz CT molecular complexity index is 1560. The Morgan fingerprint density at radius 3 is 2.24 bits per heavy atom. The van der Waals surface area contributed by atoms with Gasteiger partial charge in [0.25, 0.3) is 0 Å². The van der Waals surface area contributed by atoms with Crippen molar-refractivity contribution in [2.45, 2.75) is 32.6 Å². The quantitative estimate of drug-likeness (QED) is 0.0736. The van der Waals surface area contributed by atoms with Crippen LogP contribution in [0, 0.1) is 0 Å². The number of carbonyl (C=O) groups excluding carboxylic acids is 2. The summed E-state index contributed by atoms with van der Waals surface area (Å²) in [6, 6.07) is 22.8. The third-order valence-electron chi connectivity index (χ3n) is 6.22. The summed E-state index contributed by atoms with van der Waals surface area (Å²) < 4.78 is 16.9. The second kappa shape index (κ2) is 14.2. The number of ether oxygens (including phenoxy) is 3. The van der Waals surface area contributed by atoms with Crippen LogP contribution in [0.15, 0.2) is 91.1 Å². The maximum Gasteiger partial charge on any atom is 0.338 e. The van der Waals surface area contributed by atoms with Gasteiger partial charge < -0.3 is 14.2 Å². The van der Waals surface area contributed by atoms with E-state index in [4.69, 9.17) is 37.4 Å². The van der Waals surface area contributed by atoms with E-state index >= 15 is 0 Å². The molecule has 0 bridgehead atoms. The zero-order chi connectivity index (χ0) is 30.1. The average molecular weight is 605 g/mol. The van der Waals surface area contributed by atoms with Gasteiger partial charge in [-0.15, -0.1) is 0 Å². The molecule has 0 aliphatic heterocycles. The number of nitrogens with zero attached hydrogens (tertiary/aromatic N) is 1. The van der Waals surface area contributed by atoms with Crippen LogP contribution >= 0.6 is 23.2 Å². The summed E-state index contributed by atoms with van der Waals surface area (Å²) in [5, 5.41) is 1.00. The molecule has 0 saturated heterocycles. The molecule has 3 aromatic carbocycles. The predicted octanol–water partition coefficient (Wildman–Crippen LogP) is 9.00. The van der Waals surface area contributed by atoms with Gasteiger partial charge in [-0.1, -0.05) is 62.2 Å². The summed E-state index contributed by atoms with van der Waals surface area (Å²) in [5.41, 5.74) is 2.81. The number of hydrogen-bond acceptors (Lipinski definition) is 6. The highest BCUT2D eigenvalue weighted by atomic mass is 35.5. The first kappa shape index (κ1) is 30.8. The van der Waals surface area contributed by atoms with Crippen LogP contribution in [0.5, 0.6) is 17.4 Å². The van der Waals surface area contributed by atoms with E-state index in [1.165, 1.54) is 17.8 Å². The van der Waals surface area contributed by atoms with Crippen molar-refractivity contribution < 1.29 is 23.8 Å². The van der Waals surface area contributed by atoms with Gasteiger partial charge in [-0.2, -0.15) is 0 Å². The smallest absolute Gasteiger partial charge is 0.338 e. The predicted molar refractivity (Wildman–Crippen MR) is 166 cm³/mol. The number of hydrogen-bond donors (Lipinski definition) is 0. The van der Waals surface area contributed by atoms with Gasteiger partial charge in [0.1, 0.15) is 11.5 Å². The number of allylic oxidation sites excluding steroid dienone is 1. The number of pyridine rings is 1. The molecule has 6 nitrogen and oxygen atoms in total. The lowest BCUT2D eigenvalue weighted by molar-refractivity contribution is 0.0485. The molecule has 0 N–H and O–H groups in total. The molecule has 42 heavy (non-hydrogen) atoms. The first-order valence-electron chi connectivity index (χ1n) is 13.4. The Kier molecular flexibility index (Phi) is 10.4. The Labute approximate surface area is 255 Å². The lowest BCUT2D eigenvalue weighted by Crippen LogP contribution is -2.10. The van der Waals surface area contributed by atoms with E-state index in [0.29, 0.717) is 57.1 Å². The molecule has 8 heteroatoms. The highest BCUT2D eigenvalue weighted by Crippen LogP contribution is 2.27. The second-order valence-corrected chi connectivity index (χ2v) is 11.3. The molecule has 0 unspecified atom stereocenters. The lowest BCUT2D eigenvalue weighted by atomic mass is 9.87. The number of rotatable bonds is 11. The molecular weight excluding hydrogens is 573 g/mol. The topological polar surface area (TPSA) is 74.7 Å². The number of carbonyl (C=O) groups is 2. The summed E-state index contributed by atoms with van der Waals surface area (Å²) in [5.74, 6) is 0.912. The minimum Gasteiger partial charge on any atom is -0.493 e. The maximum atomic E-state index is 12.5. The van der Waals surface area contributed by atoms with Crippen molar-refractivity contribution in [1.82, 2.24) is 4.98 Å². The first-order chi connectivity index (χ1) is 20.1. The monoisotopic (exact) mass is 603 g/mol. The van der Waals surface area contributed by atoms with E-state index in [2.05, 4.69) is 25.8 Å². The van der Waals surface area contributed by atoms with E-state index in [-0.39, 0.29) is 17.8 Å². The zero-order valence-electron chi connectivity index (χ0n) is 23.6. The van der Waals surface area contributed by atoms with Crippen molar-refractivity contribution in [2.75, 3.05) is 13.2 Å². The number of ketones is 1. The van der Waals surface area contributed by atoms with Gasteiger partial charge in [-0.3, -0.25) is 4.79 Å². The van der Waals surface area contributed by atoms with Crippen LogP contribution in [-0.2, 0) is 10.2 Å². The fraction of sp³-hybridized carbons (Fsp3) is 0.206. The normalized spacial score (nSPS) is 11.4. The van der Waals surface area contributed by atoms with E-state index in [9.17, 15) is 9.59 Å². The van der Waals surface area contributed by atoms with Crippen molar-refractivity contribution in [2.24, 2.45) is 0 Å². The van der Waals surface area contributed by atoms with Gasteiger partial charge in [0.05, 0.1) is 18.8 Å². The van der Waals surface area contributed by atoms with Crippen molar-refractivity contribution in [1.29, 1.82) is 0 Å². The van der Waals surface area contributed by atoms with Gasteiger partial charge in [0, 0.05) is 34.3 Å². The molecule has 0 aliphatic rings.